The molecule has 0 aromatic heterocycles. The molecule has 130 valence electrons. The summed E-state index contributed by atoms with van der Waals surface area (Å²) >= 11 is 0. The van der Waals surface area contributed by atoms with Gasteiger partial charge in [-0.3, -0.25) is 0 Å². The summed E-state index contributed by atoms with van der Waals surface area (Å²) in [6.07, 6.45) is 24.0. The molecule has 0 spiro atoms. The molecule has 2 rings (SSSR count). The van der Waals surface area contributed by atoms with Gasteiger partial charge in [-0.1, -0.05) is 77.2 Å². The topological polar surface area (TPSA) is 23.8 Å². The summed E-state index contributed by atoms with van der Waals surface area (Å²) in [5, 5.41) is 8.62. The fourth-order valence-corrected chi connectivity index (χ4v) is 4.81. The van der Waals surface area contributed by atoms with E-state index in [-0.39, 0.29) is 0 Å². The number of rotatable bonds is 8. The molecule has 0 bridgehead atoms. The van der Waals surface area contributed by atoms with Crippen LogP contribution in [0.25, 0.3) is 0 Å². The molecule has 0 aromatic carbocycles. The molecule has 0 aromatic rings. The van der Waals surface area contributed by atoms with E-state index in [2.05, 4.69) is 19.1 Å². The van der Waals surface area contributed by atoms with E-state index < -0.39 is 0 Å². The van der Waals surface area contributed by atoms with Crippen LogP contribution in [0.15, 0.2) is 12.2 Å². The standard InChI is InChI=1S/C22H37N/c1-2-3-4-6-19-8-12-21(13-9-19)16-17-22-14-10-20(11-15-22)7-5-18-23/h5,7,19-22H,2-4,6,8-17H2,1H3/t19-,20-,21-,22-. The van der Waals surface area contributed by atoms with Crippen LogP contribution in [0.1, 0.15) is 96.8 Å². The van der Waals surface area contributed by atoms with Crippen LogP contribution in [-0.2, 0) is 0 Å². The molecular formula is C22H37N. The van der Waals surface area contributed by atoms with Gasteiger partial charge in [0.15, 0.2) is 0 Å². The molecule has 2 aliphatic rings. The van der Waals surface area contributed by atoms with Crippen molar-refractivity contribution in [2.45, 2.75) is 96.8 Å². The molecule has 0 atom stereocenters. The van der Waals surface area contributed by atoms with Crippen molar-refractivity contribution in [3.05, 3.63) is 12.2 Å². The molecule has 0 heterocycles. The van der Waals surface area contributed by atoms with Gasteiger partial charge in [0, 0.05) is 6.08 Å². The first-order chi connectivity index (χ1) is 11.3. The molecule has 0 unspecified atom stereocenters. The predicted molar refractivity (Wildman–Crippen MR) is 99.0 cm³/mol. The molecule has 1 nitrogen and oxygen atoms in total. The number of hydrogen-bond acceptors (Lipinski definition) is 1. The maximum absolute atomic E-state index is 8.62. The van der Waals surface area contributed by atoms with E-state index in [4.69, 9.17) is 5.26 Å². The van der Waals surface area contributed by atoms with Crippen molar-refractivity contribution in [3.63, 3.8) is 0 Å². The Balaban J connectivity index is 1.54. The molecule has 2 aliphatic carbocycles. The minimum atomic E-state index is 0.685. The summed E-state index contributed by atoms with van der Waals surface area (Å²) in [7, 11) is 0. The molecule has 2 saturated carbocycles. The first-order valence-electron chi connectivity index (χ1n) is 10.4. The van der Waals surface area contributed by atoms with Gasteiger partial charge in [-0.25, -0.2) is 0 Å². The van der Waals surface area contributed by atoms with Gasteiger partial charge in [0.2, 0.25) is 0 Å². The van der Waals surface area contributed by atoms with Gasteiger partial charge in [0.25, 0.3) is 0 Å². The Bertz CT molecular complexity index is 362. The molecule has 1 heteroatoms. The maximum atomic E-state index is 8.62. The zero-order valence-corrected chi connectivity index (χ0v) is 15.3. The molecule has 0 radical (unpaired) electrons. The van der Waals surface area contributed by atoms with Crippen LogP contribution < -0.4 is 0 Å². The van der Waals surface area contributed by atoms with Crippen LogP contribution in [0.5, 0.6) is 0 Å². The Labute approximate surface area is 144 Å². The van der Waals surface area contributed by atoms with Gasteiger partial charge in [0.05, 0.1) is 6.07 Å². The second-order valence-electron chi connectivity index (χ2n) is 8.23. The van der Waals surface area contributed by atoms with Gasteiger partial charge in [0.1, 0.15) is 0 Å². The van der Waals surface area contributed by atoms with E-state index in [1.165, 1.54) is 89.9 Å². The molecule has 2 fully saturated rings. The average molecular weight is 316 g/mol. The van der Waals surface area contributed by atoms with E-state index in [1.54, 1.807) is 6.08 Å². The summed E-state index contributed by atoms with van der Waals surface area (Å²) in [6, 6.07) is 2.13. The zero-order chi connectivity index (χ0) is 16.3. The molecule has 0 N–H and O–H groups in total. The lowest BCUT2D eigenvalue weighted by atomic mass is 9.75. The van der Waals surface area contributed by atoms with E-state index in [0.717, 1.165) is 17.8 Å². The van der Waals surface area contributed by atoms with Crippen molar-refractivity contribution >= 4 is 0 Å². The van der Waals surface area contributed by atoms with Crippen molar-refractivity contribution in [3.8, 4) is 6.07 Å². The summed E-state index contributed by atoms with van der Waals surface area (Å²) in [4.78, 5) is 0. The molecule has 23 heavy (non-hydrogen) atoms. The number of allylic oxidation sites excluding steroid dienone is 2. The summed E-state index contributed by atoms with van der Waals surface area (Å²) in [5.74, 6) is 3.75. The first-order valence-corrected chi connectivity index (χ1v) is 10.4. The van der Waals surface area contributed by atoms with Crippen LogP contribution in [-0.4, -0.2) is 0 Å². The van der Waals surface area contributed by atoms with E-state index >= 15 is 0 Å². The van der Waals surface area contributed by atoms with Crippen LogP contribution in [0.3, 0.4) is 0 Å². The maximum Gasteiger partial charge on any atom is 0.0908 e. The predicted octanol–water partition coefficient (Wildman–Crippen LogP) is 7.04. The van der Waals surface area contributed by atoms with Gasteiger partial charge in [-0.15, -0.1) is 0 Å². The third-order valence-corrected chi connectivity index (χ3v) is 6.50. The van der Waals surface area contributed by atoms with E-state index in [0.29, 0.717) is 5.92 Å². The average Bonchev–Trinajstić information content (AvgIpc) is 2.60. The Morgan fingerprint density at radius 1 is 0.783 bits per heavy atom. The van der Waals surface area contributed by atoms with Crippen molar-refractivity contribution in [2.75, 3.05) is 0 Å². The fraction of sp³-hybridized carbons (Fsp3) is 0.864. The molecule has 0 aliphatic heterocycles. The third kappa shape index (κ3) is 7.11. The highest BCUT2D eigenvalue weighted by Gasteiger charge is 2.23. The van der Waals surface area contributed by atoms with E-state index in [1.807, 2.05) is 0 Å². The van der Waals surface area contributed by atoms with Crippen LogP contribution in [0.4, 0.5) is 0 Å². The van der Waals surface area contributed by atoms with Crippen LogP contribution in [0.2, 0.25) is 0 Å². The normalized spacial score (nSPS) is 32.0. The highest BCUT2D eigenvalue weighted by Crippen LogP contribution is 2.37. The summed E-state index contributed by atoms with van der Waals surface area (Å²) < 4.78 is 0. The smallest absolute Gasteiger partial charge is 0.0908 e. The first kappa shape index (κ1) is 18.6. The second-order valence-corrected chi connectivity index (χ2v) is 8.23. The Hall–Kier alpha value is -0.770. The van der Waals surface area contributed by atoms with Gasteiger partial charge in [-0.05, 0) is 49.4 Å². The Morgan fingerprint density at radius 3 is 1.83 bits per heavy atom. The van der Waals surface area contributed by atoms with Crippen LogP contribution in [0, 0.1) is 35.0 Å². The largest absolute Gasteiger partial charge is 0.193 e. The number of nitrogens with zero attached hydrogens (tertiary/aromatic N) is 1. The quantitative estimate of drug-likeness (QED) is 0.348. The minimum Gasteiger partial charge on any atom is -0.193 e. The summed E-state index contributed by atoms with van der Waals surface area (Å²) in [6.45, 7) is 2.31. The number of unbranched alkanes of at least 4 members (excludes halogenated alkanes) is 2. The Kier molecular flexibility index (Phi) is 8.80. The lowest BCUT2D eigenvalue weighted by Crippen LogP contribution is -2.17. The third-order valence-electron chi connectivity index (χ3n) is 6.50. The highest BCUT2D eigenvalue weighted by atomic mass is 14.3. The lowest BCUT2D eigenvalue weighted by molar-refractivity contribution is 0.219. The SMILES string of the molecule is CCCCC[C@H]1CC[C@H](CC[C@H]2CC[C@H](C=CC#N)CC2)CC1. The Morgan fingerprint density at radius 2 is 1.30 bits per heavy atom. The zero-order valence-electron chi connectivity index (χ0n) is 15.3. The van der Waals surface area contributed by atoms with Gasteiger partial charge in [-0.2, -0.15) is 5.26 Å². The van der Waals surface area contributed by atoms with Gasteiger partial charge < -0.3 is 0 Å². The lowest BCUT2D eigenvalue weighted by Gasteiger charge is -2.31. The van der Waals surface area contributed by atoms with Crippen LogP contribution >= 0.6 is 0 Å². The molecular weight excluding hydrogens is 278 g/mol. The van der Waals surface area contributed by atoms with Gasteiger partial charge >= 0.3 is 0 Å². The van der Waals surface area contributed by atoms with Crippen molar-refractivity contribution in [1.29, 1.82) is 5.26 Å². The molecule has 0 saturated heterocycles. The van der Waals surface area contributed by atoms with Crippen molar-refractivity contribution in [2.24, 2.45) is 23.7 Å². The van der Waals surface area contributed by atoms with Crippen molar-refractivity contribution < 1.29 is 0 Å². The summed E-state index contributed by atoms with van der Waals surface area (Å²) in [5.41, 5.74) is 0. The fourth-order valence-electron chi connectivity index (χ4n) is 4.81. The second kappa shape index (κ2) is 10.9. The van der Waals surface area contributed by atoms with E-state index in [9.17, 15) is 0 Å². The molecule has 0 amide bonds. The monoisotopic (exact) mass is 315 g/mol. The minimum absolute atomic E-state index is 0.685. The highest BCUT2D eigenvalue weighted by molar-refractivity contribution is 5.04. The number of nitriles is 1. The van der Waals surface area contributed by atoms with Crippen molar-refractivity contribution in [1.82, 2.24) is 0 Å². The number of hydrogen-bond donors (Lipinski definition) is 0.